The van der Waals surface area contributed by atoms with E-state index in [1.807, 2.05) is 12.1 Å². The molecule has 0 saturated heterocycles. The van der Waals surface area contributed by atoms with Crippen molar-refractivity contribution in [2.75, 3.05) is 0 Å². The van der Waals surface area contributed by atoms with Gasteiger partial charge in [-0.15, -0.1) is 0 Å². The van der Waals surface area contributed by atoms with E-state index in [4.69, 9.17) is 0 Å². The summed E-state index contributed by atoms with van der Waals surface area (Å²) in [5.74, 6) is -0.870. The van der Waals surface area contributed by atoms with Gasteiger partial charge in [-0.05, 0) is 0 Å². The van der Waals surface area contributed by atoms with Crippen molar-refractivity contribution in [2.24, 2.45) is 0 Å². The van der Waals surface area contributed by atoms with Crippen molar-refractivity contribution >= 4 is 23.3 Å². The molecule has 0 aliphatic rings. The quantitative estimate of drug-likeness (QED) is 0.321. The second kappa shape index (κ2) is 8.99. The topological polar surface area (TPSA) is 0 Å². The van der Waals surface area contributed by atoms with Gasteiger partial charge in [-0.25, -0.2) is 0 Å². The van der Waals surface area contributed by atoms with Gasteiger partial charge in [-0.3, -0.25) is 0 Å². The van der Waals surface area contributed by atoms with Crippen LogP contribution in [0, 0.1) is 11.6 Å². The molecule has 3 heteroatoms. The van der Waals surface area contributed by atoms with Crippen LogP contribution in [0.1, 0.15) is 38.8 Å². The standard InChI is InChI=1S/2C10H13.C6H3F2.Sn/c2*1-10(2,3)9-7-5-4-6-8-9;7-5-2-1-3-6(8)4-5;/h2*4-8H,1H2,2-3H3;1-2,4H;. The predicted octanol–water partition coefficient (Wildman–Crippen LogP) is 6.62. The molecule has 0 aliphatic carbocycles. The first-order valence-electron chi connectivity index (χ1n) is 10.1. The molecule has 0 fully saturated rings. The Bertz CT molecular complexity index is 880. The van der Waals surface area contributed by atoms with Crippen molar-refractivity contribution < 1.29 is 8.78 Å². The maximum atomic E-state index is 14.9. The second-order valence-corrected chi connectivity index (χ2v) is 16.1. The van der Waals surface area contributed by atoms with Gasteiger partial charge >= 0.3 is 181 Å². The van der Waals surface area contributed by atoms with Gasteiger partial charge in [0.05, 0.1) is 0 Å². The fraction of sp³-hybridized carbons (Fsp3) is 0.308. The molecule has 0 bridgehead atoms. The van der Waals surface area contributed by atoms with Crippen molar-refractivity contribution in [3.05, 3.63) is 102 Å². The molecular weight excluding hydrogens is 469 g/mol. The van der Waals surface area contributed by atoms with E-state index in [-0.39, 0.29) is 16.6 Å². The molecule has 0 nitrogen and oxygen atoms in total. The average Bonchev–Trinajstić information content (AvgIpc) is 2.68. The van der Waals surface area contributed by atoms with E-state index in [0.717, 1.165) is 18.5 Å². The molecule has 0 heterocycles. The first-order chi connectivity index (χ1) is 13.7. The van der Waals surface area contributed by atoms with E-state index in [9.17, 15) is 8.78 Å². The SMILES string of the molecule is CC(C)([CH2][Sn]([CH2]C(C)(C)c1ccccc1)[c]1ccc(F)cc1F)c1ccccc1. The van der Waals surface area contributed by atoms with E-state index in [1.54, 1.807) is 6.07 Å². The van der Waals surface area contributed by atoms with Gasteiger partial charge < -0.3 is 0 Å². The van der Waals surface area contributed by atoms with Crippen LogP contribution in [0.3, 0.4) is 0 Å². The summed E-state index contributed by atoms with van der Waals surface area (Å²) in [4.78, 5) is 0. The van der Waals surface area contributed by atoms with E-state index in [1.165, 1.54) is 17.2 Å². The normalized spacial score (nSPS) is 12.4. The van der Waals surface area contributed by atoms with E-state index >= 15 is 0 Å². The molecule has 0 atom stereocenters. The van der Waals surface area contributed by atoms with Crippen LogP contribution >= 0.6 is 0 Å². The first-order valence-corrected chi connectivity index (χ1v) is 15.6. The van der Waals surface area contributed by atoms with Crippen molar-refractivity contribution in [1.29, 1.82) is 0 Å². The first kappa shape index (κ1) is 22.0. The Balaban J connectivity index is 1.98. The van der Waals surface area contributed by atoms with Crippen LogP contribution < -0.4 is 3.58 Å². The summed E-state index contributed by atoms with van der Waals surface area (Å²) in [6, 6.07) is 25.1. The molecule has 3 aromatic rings. The summed E-state index contributed by atoms with van der Waals surface area (Å²) in [7, 11) is 0. The van der Waals surface area contributed by atoms with Gasteiger partial charge in [0, 0.05) is 0 Å². The van der Waals surface area contributed by atoms with Crippen molar-refractivity contribution in [2.45, 2.75) is 47.4 Å². The van der Waals surface area contributed by atoms with Crippen LogP contribution in [0.4, 0.5) is 8.78 Å². The van der Waals surface area contributed by atoms with Gasteiger partial charge in [0.25, 0.3) is 0 Å². The summed E-state index contributed by atoms with van der Waals surface area (Å²) in [5.41, 5.74) is 2.45. The molecule has 3 aromatic carbocycles. The van der Waals surface area contributed by atoms with Crippen LogP contribution in [0.15, 0.2) is 78.9 Å². The Morgan fingerprint density at radius 2 is 1.10 bits per heavy atom. The Morgan fingerprint density at radius 1 is 0.655 bits per heavy atom. The molecule has 1 radical (unpaired) electrons. The zero-order chi connectivity index (χ0) is 21.1. The molecule has 3 rings (SSSR count). The van der Waals surface area contributed by atoms with Crippen LogP contribution in [-0.4, -0.2) is 19.8 Å². The molecule has 0 aromatic heterocycles. The zero-order valence-electron chi connectivity index (χ0n) is 17.7. The van der Waals surface area contributed by atoms with Crippen LogP contribution in [0.25, 0.3) is 0 Å². The molecular formula is C26H29F2Sn. The molecule has 0 N–H and O–H groups in total. The molecule has 151 valence electrons. The van der Waals surface area contributed by atoms with Gasteiger partial charge in [-0.2, -0.15) is 0 Å². The third-order valence-electron chi connectivity index (χ3n) is 5.73. The number of benzene rings is 3. The fourth-order valence-corrected chi connectivity index (χ4v) is 14.9. The summed E-state index contributed by atoms with van der Waals surface area (Å²) < 4.78 is 31.2. The number of hydrogen-bond donors (Lipinski definition) is 0. The van der Waals surface area contributed by atoms with Gasteiger partial charge in [0.2, 0.25) is 0 Å². The summed E-state index contributed by atoms with van der Waals surface area (Å²) in [5, 5.41) is 0. The van der Waals surface area contributed by atoms with E-state index in [0.29, 0.717) is 0 Å². The summed E-state index contributed by atoms with van der Waals surface area (Å²) in [6.07, 6.45) is 0. The number of rotatable bonds is 7. The average molecular weight is 498 g/mol. The molecule has 29 heavy (non-hydrogen) atoms. The zero-order valence-corrected chi connectivity index (χ0v) is 20.5. The monoisotopic (exact) mass is 499 g/mol. The molecule has 0 amide bonds. The Hall–Kier alpha value is -1.68. The van der Waals surface area contributed by atoms with Crippen LogP contribution in [0.5, 0.6) is 0 Å². The van der Waals surface area contributed by atoms with E-state index < -0.39 is 25.6 Å². The molecule has 0 saturated carbocycles. The molecule has 0 unspecified atom stereocenters. The summed E-state index contributed by atoms with van der Waals surface area (Å²) in [6.45, 7) is 9.00. The Labute approximate surface area is 180 Å². The molecule has 0 spiro atoms. The minimum atomic E-state index is -2.51. The number of halogens is 2. The predicted molar refractivity (Wildman–Crippen MR) is 120 cm³/mol. The van der Waals surface area contributed by atoms with Crippen molar-refractivity contribution in [1.82, 2.24) is 0 Å². The van der Waals surface area contributed by atoms with Crippen molar-refractivity contribution in [3.8, 4) is 0 Å². The second-order valence-electron chi connectivity index (χ2n) is 9.08. The third-order valence-corrected chi connectivity index (χ3v) is 16.5. The Kier molecular flexibility index (Phi) is 6.82. The molecule has 0 aliphatic heterocycles. The maximum absolute atomic E-state index is 14.9. The van der Waals surface area contributed by atoms with E-state index in [2.05, 4.69) is 76.2 Å². The third kappa shape index (κ3) is 5.48. The van der Waals surface area contributed by atoms with Gasteiger partial charge in [0.15, 0.2) is 0 Å². The van der Waals surface area contributed by atoms with Crippen LogP contribution in [-0.2, 0) is 10.8 Å². The fourth-order valence-electron chi connectivity index (χ4n) is 4.08. The minimum absolute atomic E-state index is 0.0520. The van der Waals surface area contributed by atoms with Gasteiger partial charge in [0.1, 0.15) is 0 Å². The summed E-state index contributed by atoms with van der Waals surface area (Å²) >= 11 is -2.51. The van der Waals surface area contributed by atoms with Crippen molar-refractivity contribution in [3.63, 3.8) is 0 Å². The number of hydrogen-bond acceptors (Lipinski definition) is 0. The Morgan fingerprint density at radius 3 is 1.52 bits per heavy atom. The van der Waals surface area contributed by atoms with Crippen LogP contribution in [0.2, 0.25) is 8.87 Å². The van der Waals surface area contributed by atoms with Gasteiger partial charge in [-0.1, -0.05) is 0 Å².